The number of rotatable bonds is 7. The van der Waals surface area contributed by atoms with Gasteiger partial charge in [-0.3, -0.25) is 0 Å². The van der Waals surface area contributed by atoms with E-state index in [-0.39, 0.29) is 0 Å². The van der Waals surface area contributed by atoms with E-state index in [1.807, 2.05) is 24.3 Å². The van der Waals surface area contributed by atoms with Crippen LogP contribution in [-0.2, 0) is 0 Å². The second kappa shape index (κ2) is 7.99. The minimum absolute atomic E-state index is 0.372. The van der Waals surface area contributed by atoms with E-state index in [1.165, 1.54) is 0 Å². The summed E-state index contributed by atoms with van der Waals surface area (Å²) < 4.78 is 0. The van der Waals surface area contributed by atoms with Crippen LogP contribution in [-0.4, -0.2) is 28.0 Å². The normalized spacial score (nSPS) is 10.3. The fraction of sp³-hybridized carbons (Fsp3) is 0.118. The van der Waals surface area contributed by atoms with Crippen LogP contribution in [0.1, 0.15) is 0 Å². The minimum Gasteiger partial charge on any atom is -0.399 e. The lowest BCUT2D eigenvalue weighted by molar-refractivity contribution is 0.973. The third kappa shape index (κ3) is 4.71. The lowest BCUT2D eigenvalue weighted by Gasteiger charge is -2.11. The molecule has 9 N–H and O–H groups in total. The molecule has 1 heterocycles. The first-order chi connectivity index (χ1) is 12.6. The van der Waals surface area contributed by atoms with Crippen LogP contribution in [0.3, 0.4) is 0 Å². The second-order valence-corrected chi connectivity index (χ2v) is 5.52. The van der Waals surface area contributed by atoms with Gasteiger partial charge in [-0.25, -0.2) is 0 Å². The summed E-state index contributed by atoms with van der Waals surface area (Å²) in [5, 5.41) is 9.29. The van der Waals surface area contributed by atoms with Crippen molar-refractivity contribution in [2.24, 2.45) is 5.73 Å². The summed E-state index contributed by atoms with van der Waals surface area (Å²) in [6.45, 7) is 1.00. The molecule has 0 saturated heterocycles. The summed E-state index contributed by atoms with van der Waals surface area (Å²) in [7, 11) is 0. The van der Waals surface area contributed by atoms with E-state index < -0.39 is 0 Å². The Hall–Kier alpha value is -3.59. The third-order valence-electron chi connectivity index (χ3n) is 3.35. The Bertz CT molecular complexity index is 816. The highest BCUT2D eigenvalue weighted by molar-refractivity contribution is 5.63. The van der Waals surface area contributed by atoms with Crippen molar-refractivity contribution in [1.29, 1.82) is 0 Å². The van der Waals surface area contributed by atoms with Crippen molar-refractivity contribution in [1.82, 2.24) is 15.0 Å². The van der Waals surface area contributed by atoms with Crippen molar-refractivity contribution in [3.63, 3.8) is 0 Å². The molecule has 3 aromatic rings. The Morgan fingerprint density at radius 3 is 1.69 bits per heavy atom. The fourth-order valence-electron chi connectivity index (χ4n) is 2.24. The monoisotopic (exact) mass is 351 g/mol. The number of anilines is 7. The van der Waals surface area contributed by atoms with Gasteiger partial charge in [0, 0.05) is 35.8 Å². The Balaban J connectivity index is 1.87. The van der Waals surface area contributed by atoms with Crippen LogP contribution in [0.2, 0.25) is 0 Å². The molecule has 9 heteroatoms. The van der Waals surface area contributed by atoms with Crippen molar-refractivity contribution in [2.75, 3.05) is 40.5 Å². The van der Waals surface area contributed by atoms with Crippen molar-refractivity contribution in [2.45, 2.75) is 0 Å². The van der Waals surface area contributed by atoms with E-state index in [9.17, 15) is 0 Å². The molecule has 1 aromatic heterocycles. The van der Waals surface area contributed by atoms with Gasteiger partial charge in [0.15, 0.2) is 0 Å². The molecule has 26 heavy (non-hydrogen) atoms. The molecule has 0 saturated carbocycles. The number of nitrogens with one attached hydrogen (secondary N) is 3. The van der Waals surface area contributed by atoms with Crippen molar-refractivity contribution >= 4 is 40.6 Å². The van der Waals surface area contributed by atoms with Crippen LogP contribution in [0.15, 0.2) is 48.5 Å². The van der Waals surface area contributed by atoms with Gasteiger partial charge in [-0.1, -0.05) is 12.1 Å². The van der Waals surface area contributed by atoms with E-state index in [1.54, 1.807) is 24.3 Å². The standard InChI is InChI=1S/C17H21N9/c18-7-8-21-15-24-16(22-13-5-1-3-11(19)9-13)26-17(25-15)23-14-6-2-4-12(20)10-14/h1-6,9-10H,7-8,18-20H2,(H3,21,22,23,24,25,26). The molecular weight excluding hydrogens is 330 g/mol. The number of hydrogen-bond donors (Lipinski definition) is 6. The molecule has 0 spiro atoms. The first-order valence-corrected chi connectivity index (χ1v) is 8.07. The molecule has 0 fully saturated rings. The van der Waals surface area contributed by atoms with Gasteiger partial charge in [0.2, 0.25) is 17.8 Å². The number of hydrogen-bond acceptors (Lipinski definition) is 9. The average molecular weight is 351 g/mol. The predicted molar refractivity (Wildman–Crippen MR) is 106 cm³/mol. The molecule has 134 valence electrons. The van der Waals surface area contributed by atoms with Gasteiger partial charge in [0.05, 0.1) is 0 Å². The quantitative estimate of drug-likeness (QED) is 0.350. The Kier molecular flexibility index (Phi) is 5.30. The van der Waals surface area contributed by atoms with Gasteiger partial charge in [-0.2, -0.15) is 15.0 Å². The van der Waals surface area contributed by atoms with E-state index in [2.05, 4.69) is 30.9 Å². The van der Waals surface area contributed by atoms with Crippen LogP contribution in [0, 0.1) is 0 Å². The van der Waals surface area contributed by atoms with Crippen LogP contribution >= 0.6 is 0 Å². The lowest BCUT2D eigenvalue weighted by atomic mass is 10.3. The summed E-state index contributed by atoms with van der Waals surface area (Å²) in [5.41, 5.74) is 20.0. The number of nitrogen functional groups attached to an aromatic ring is 2. The van der Waals surface area contributed by atoms with Gasteiger partial charge in [0.25, 0.3) is 0 Å². The van der Waals surface area contributed by atoms with Gasteiger partial charge in [-0.15, -0.1) is 0 Å². The molecule has 0 radical (unpaired) electrons. The van der Waals surface area contributed by atoms with Crippen LogP contribution < -0.4 is 33.2 Å². The van der Waals surface area contributed by atoms with E-state index in [0.717, 1.165) is 11.4 Å². The van der Waals surface area contributed by atoms with Gasteiger partial charge in [-0.05, 0) is 36.4 Å². The van der Waals surface area contributed by atoms with E-state index in [0.29, 0.717) is 42.3 Å². The largest absolute Gasteiger partial charge is 0.399 e. The first-order valence-electron chi connectivity index (χ1n) is 8.07. The van der Waals surface area contributed by atoms with Gasteiger partial charge >= 0.3 is 0 Å². The minimum atomic E-state index is 0.372. The second-order valence-electron chi connectivity index (χ2n) is 5.52. The van der Waals surface area contributed by atoms with Crippen molar-refractivity contribution in [3.05, 3.63) is 48.5 Å². The van der Waals surface area contributed by atoms with Gasteiger partial charge < -0.3 is 33.2 Å². The van der Waals surface area contributed by atoms with Crippen molar-refractivity contribution < 1.29 is 0 Å². The highest BCUT2D eigenvalue weighted by Crippen LogP contribution is 2.20. The third-order valence-corrected chi connectivity index (χ3v) is 3.35. The molecule has 0 aliphatic rings. The molecule has 0 aliphatic carbocycles. The topological polar surface area (TPSA) is 153 Å². The average Bonchev–Trinajstić information content (AvgIpc) is 2.60. The predicted octanol–water partition coefficient (Wildman–Crippen LogP) is 1.89. The highest BCUT2D eigenvalue weighted by Gasteiger charge is 2.08. The zero-order chi connectivity index (χ0) is 18.4. The number of nitrogens with zero attached hydrogens (tertiary/aromatic N) is 3. The van der Waals surface area contributed by atoms with E-state index >= 15 is 0 Å². The highest BCUT2D eigenvalue weighted by atomic mass is 15.3. The summed E-state index contributed by atoms with van der Waals surface area (Å²) in [4.78, 5) is 13.1. The smallest absolute Gasteiger partial charge is 0.233 e. The Labute approximate surface area is 151 Å². The number of nitrogens with two attached hydrogens (primary N) is 3. The molecule has 3 rings (SSSR count). The molecule has 0 unspecified atom stereocenters. The lowest BCUT2D eigenvalue weighted by Crippen LogP contribution is -2.16. The Morgan fingerprint density at radius 2 is 1.23 bits per heavy atom. The van der Waals surface area contributed by atoms with Crippen LogP contribution in [0.5, 0.6) is 0 Å². The number of benzene rings is 2. The first kappa shape index (κ1) is 17.2. The maximum atomic E-state index is 5.81. The molecule has 9 nitrogen and oxygen atoms in total. The summed E-state index contributed by atoms with van der Waals surface area (Å²) >= 11 is 0. The van der Waals surface area contributed by atoms with Crippen molar-refractivity contribution in [3.8, 4) is 0 Å². The zero-order valence-electron chi connectivity index (χ0n) is 14.1. The SMILES string of the molecule is NCCNc1nc(Nc2cccc(N)c2)nc(Nc2cccc(N)c2)n1. The number of aromatic nitrogens is 3. The molecule has 0 amide bonds. The summed E-state index contributed by atoms with van der Waals surface area (Å²) in [6, 6.07) is 14.6. The van der Waals surface area contributed by atoms with Crippen LogP contribution in [0.25, 0.3) is 0 Å². The molecular formula is C17H21N9. The zero-order valence-corrected chi connectivity index (χ0v) is 14.1. The Morgan fingerprint density at radius 1 is 0.731 bits per heavy atom. The molecule has 2 aromatic carbocycles. The molecule has 0 aliphatic heterocycles. The molecule has 0 bridgehead atoms. The van der Waals surface area contributed by atoms with Gasteiger partial charge in [0.1, 0.15) is 0 Å². The maximum absolute atomic E-state index is 5.81. The molecule has 0 atom stereocenters. The van der Waals surface area contributed by atoms with Crippen LogP contribution in [0.4, 0.5) is 40.6 Å². The fourth-order valence-corrected chi connectivity index (χ4v) is 2.24. The summed E-state index contributed by atoms with van der Waals surface area (Å²) in [6.07, 6.45) is 0. The maximum Gasteiger partial charge on any atom is 0.233 e. The van der Waals surface area contributed by atoms with E-state index in [4.69, 9.17) is 17.2 Å². The summed E-state index contributed by atoms with van der Waals surface area (Å²) in [5.74, 6) is 1.15.